The summed E-state index contributed by atoms with van der Waals surface area (Å²) in [7, 11) is 0. The van der Waals surface area contributed by atoms with E-state index >= 15 is 0 Å². The molecule has 1 saturated carbocycles. The molecule has 2 aliphatic rings. The fourth-order valence-corrected chi connectivity index (χ4v) is 5.72. The van der Waals surface area contributed by atoms with Gasteiger partial charge in [-0.25, -0.2) is 4.39 Å². The van der Waals surface area contributed by atoms with Crippen molar-refractivity contribution in [1.29, 1.82) is 0 Å². The van der Waals surface area contributed by atoms with E-state index in [2.05, 4.69) is 16.1 Å². The van der Waals surface area contributed by atoms with Crippen molar-refractivity contribution >= 4 is 28.6 Å². The van der Waals surface area contributed by atoms with Crippen LogP contribution in [-0.2, 0) is 32.1 Å². The van der Waals surface area contributed by atoms with E-state index < -0.39 is 6.04 Å². The number of carbonyl (C=O) groups is 3. The molecule has 7 nitrogen and oxygen atoms in total. The maximum atomic E-state index is 14.8. The van der Waals surface area contributed by atoms with Gasteiger partial charge in [0.15, 0.2) is 10.9 Å². The van der Waals surface area contributed by atoms with Crippen LogP contribution in [0, 0.1) is 11.7 Å². The second-order valence-electron chi connectivity index (χ2n) is 9.61. The monoisotopic (exact) mass is 527 g/mol. The highest BCUT2D eigenvalue weighted by atomic mass is 32.2. The lowest BCUT2D eigenvalue weighted by Gasteiger charge is -2.38. The lowest BCUT2D eigenvalue weighted by Crippen LogP contribution is -2.43. The normalized spacial score (nSPS) is 20.1. The Morgan fingerprint density at radius 3 is 2.73 bits per heavy atom. The molecule has 0 bridgehead atoms. The highest BCUT2D eigenvalue weighted by Gasteiger charge is 2.41. The highest BCUT2D eigenvalue weighted by Crippen LogP contribution is 2.40. The number of allylic oxidation sites excluding steroid dienone is 1. The van der Waals surface area contributed by atoms with Crippen molar-refractivity contribution in [2.45, 2.75) is 63.8 Å². The Morgan fingerprint density at radius 2 is 2.03 bits per heavy atom. The average Bonchev–Trinajstić information content (AvgIpc) is 3.62. The van der Waals surface area contributed by atoms with E-state index in [1.54, 1.807) is 42.9 Å². The average molecular weight is 528 g/mol. The zero-order valence-electron chi connectivity index (χ0n) is 21.4. The Balaban J connectivity index is 1.51. The Morgan fingerprint density at radius 1 is 1.24 bits per heavy atom. The van der Waals surface area contributed by atoms with Gasteiger partial charge in [0.05, 0.1) is 25.4 Å². The minimum absolute atomic E-state index is 0.00143. The number of thioether (sulfide) groups is 1. The summed E-state index contributed by atoms with van der Waals surface area (Å²) >= 11 is 1.31. The number of halogens is 1. The number of ketones is 1. The van der Waals surface area contributed by atoms with E-state index in [4.69, 9.17) is 4.74 Å². The third kappa shape index (κ3) is 7.38. The number of likely N-dealkylation sites (tertiary alicyclic amines) is 1. The van der Waals surface area contributed by atoms with Crippen LogP contribution in [-0.4, -0.2) is 56.5 Å². The van der Waals surface area contributed by atoms with Gasteiger partial charge in [-0.2, -0.15) is 5.10 Å². The number of esters is 1. The molecule has 1 aromatic heterocycles. The number of carbonyl (C=O) groups excluding carboxylic acids is 3. The second-order valence-corrected chi connectivity index (χ2v) is 11.0. The first-order valence-corrected chi connectivity index (χ1v) is 13.8. The molecule has 0 amide bonds. The van der Waals surface area contributed by atoms with Crippen LogP contribution < -0.4 is 0 Å². The second kappa shape index (κ2) is 12.6. The number of rotatable bonds is 11. The number of nitrogens with zero attached hydrogens (tertiary/aromatic N) is 3. The Bertz CT molecular complexity index is 1160. The van der Waals surface area contributed by atoms with Crippen molar-refractivity contribution in [2.24, 2.45) is 5.92 Å². The maximum Gasteiger partial charge on any atom is 0.306 e. The van der Waals surface area contributed by atoms with Crippen LogP contribution in [0.3, 0.4) is 0 Å². The molecular weight excluding hydrogens is 493 g/mol. The largest absolute Gasteiger partial charge is 0.466 e. The quantitative estimate of drug-likeness (QED) is 0.314. The lowest BCUT2D eigenvalue weighted by molar-refractivity contribution is -0.143. The van der Waals surface area contributed by atoms with Crippen LogP contribution in [0.5, 0.6) is 0 Å². The van der Waals surface area contributed by atoms with Gasteiger partial charge in [-0.3, -0.25) is 24.0 Å². The summed E-state index contributed by atoms with van der Waals surface area (Å²) in [5, 5.41) is 4.46. The van der Waals surface area contributed by atoms with E-state index in [0.717, 1.165) is 24.0 Å². The standard InChI is InChI=1S/C28H34FN3O4S/c1-3-36-26(34)11-8-20-16-30-32(17-20)15-12-22-18-31(14-13-25(22)37-19(2)33)27(28(35)21-9-10-21)23-6-4-5-7-24(23)29/h4-7,12,16-17,21,25,27H,3,8-11,13-15,18H2,1-2H3/b22-12+. The van der Waals surface area contributed by atoms with Crippen molar-refractivity contribution in [3.05, 3.63) is 65.3 Å². The molecule has 0 spiro atoms. The van der Waals surface area contributed by atoms with E-state index in [9.17, 15) is 18.8 Å². The summed E-state index contributed by atoms with van der Waals surface area (Å²) in [6.07, 6.45) is 9.00. The molecule has 2 unspecified atom stereocenters. The van der Waals surface area contributed by atoms with Crippen molar-refractivity contribution in [3.8, 4) is 0 Å². The molecule has 2 heterocycles. The predicted octanol–water partition coefficient (Wildman–Crippen LogP) is 4.52. The van der Waals surface area contributed by atoms with Crippen LogP contribution >= 0.6 is 11.8 Å². The van der Waals surface area contributed by atoms with Gasteiger partial charge in [0.25, 0.3) is 0 Å². The van der Waals surface area contributed by atoms with Crippen molar-refractivity contribution in [2.75, 3.05) is 19.7 Å². The van der Waals surface area contributed by atoms with Gasteiger partial charge in [-0.05, 0) is 49.8 Å². The number of aryl methyl sites for hydroxylation is 1. The molecule has 1 saturated heterocycles. The van der Waals surface area contributed by atoms with Crippen LogP contribution in [0.15, 0.2) is 48.3 Å². The fraction of sp³-hybridized carbons (Fsp3) is 0.500. The number of hydrogen-bond acceptors (Lipinski definition) is 7. The molecule has 2 atom stereocenters. The molecule has 2 fully saturated rings. The number of benzene rings is 1. The first-order valence-electron chi connectivity index (χ1n) is 12.9. The Labute approximate surface area is 221 Å². The van der Waals surface area contributed by atoms with Gasteiger partial charge in [0.1, 0.15) is 5.82 Å². The molecule has 4 rings (SSSR count). The van der Waals surface area contributed by atoms with Gasteiger partial charge in [-0.15, -0.1) is 0 Å². The number of ether oxygens (including phenoxy) is 1. The summed E-state index contributed by atoms with van der Waals surface area (Å²) in [6.45, 7) is 5.31. The lowest BCUT2D eigenvalue weighted by atomic mass is 9.93. The fourth-order valence-electron chi connectivity index (χ4n) is 4.78. The first-order chi connectivity index (χ1) is 17.9. The molecule has 2 aromatic rings. The van der Waals surface area contributed by atoms with E-state index in [-0.39, 0.29) is 33.9 Å². The SMILES string of the molecule is CCOC(=O)CCc1cnn(C/C=C2\CN(C(C(=O)C3CC3)c3ccccc3F)CCC2SC(C)=O)c1. The molecule has 0 N–H and O–H groups in total. The van der Waals surface area contributed by atoms with Gasteiger partial charge in [0.2, 0.25) is 0 Å². The third-order valence-electron chi connectivity index (χ3n) is 6.75. The summed E-state index contributed by atoms with van der Waals surface area (Å²) in [4.78, 5) is 39.0. The number of hydrogen-bond donors (Lipinski definition) is 0. The molecule has 37 heavy (non-hydrogen) atoms. The minimum atomic E-state index is -0.625. The molecule has 1 aliphatic heterocycles. The van der Waals surface area contributed by atoms with Gasteiger partial charge >= 0.3 is 5.97 Å². The molecule has 198 valence electrons. The zero-order chi connectivity index (χ0) is 26.4. The summed E-state index contributed by atoms with van der Waals surface area (Å²) in [6, 6.07) is 5.91. The Hall–Kier alpha value is -2.78. The number of Topliss-reactive ketones (excluding diaryl/α,β-unsaturated/α-hetero) is 1. The zero-order valence-corrected chi connectivity index (χ0v) is 22.2. The topological polar surface area (TPSA) is 81.5 Å². The number of piperidine rings is 1. The molecular formula is C28H34FN3O4S. The highest BCUT2D eigenvalue weighted by molar-refractivity contribution is 8.14. The molecule has 0 radical (unpaired) electrons. The van der Waals surface area contributed by atoms with Crippen LogP contribution in [0.4, 0.5) is 4.39 Å². The van der Waals surface area contributed by atoms with E-state index in [0.29, 0.717) is 51.1 Å². The first kappa shape index (κ1) is 27.3. The summed E-state index contributed by atoms with van der Waals surface area (Å²) in [5.41, 5.74) is 2.41. The van der Waals surface area contributed by atoms with Gasteiger partial charge in [-0.1, -0.05) is 36.0 Å². The number of aromatic nitrogens is 2. The predicted molar refractivity (Wildman–Crippen MR) is 140 cm³/mol. The van der Waals surface area contributed by atoms with Crippen molar-refractivity contribution < 1.29 is 23.5 Å². The van der Waals surface area contributed by atoms with Crippen molar-refractivity contribution in [3.63, 3.8) is 0 Å². The summed E-state index contributed by atoms with van der Waals surface area (Å²) in [5.74, 6) is -0.507. The minimum Gasteiger partial charge on any atom is -0.466 e. The molecule has 1 aliphatic carbocycles. The van der Waals surface area contributed by atoms with E-state index in [1.807, 2.05) is 6.20 Å². The van der Waals surface area contributed by atoms with Crippen LogP contribution in [0.2, 0.25) is 0 Å². The molecule has 1 aromatic carbocycles. The molecule has 9 heteroatoms. The van der Waals surface area contributed by atoms with Crippen LogP contribution in [0.25, 0.3) is 0 Å². The van der Waals surface area contributed by atoms with Gasteiger partial charge < -0.3 is 4.74 Å². The van der Waals surface area contributed by atoms with Gasteiger partial charge in [0, 0.05) is 49.4 Å². The van der Waals surface area contributed by atoms with E-state index in [1.165, 1.54) is 17.8 Å². The smallest absolute Gasteiger partial charge is 0.306 e. The Kier molecular flexibility index (Phi) is 9.32. The van der Waals surface area contributed by atoms with Crippen LogP contribution in [0.1, 0.15) is 56.7 Å². The third-order valence-corrected chi connectivity index (χ3v) is 7.91. The van der Waals surface area contributed by atoms with Crippen molar-refractivity contribution in [1.82, 2.24) is 14.7 Å². The maximum absolute atomic E-state index is 14.8. The summed E-state index contributed by atoms with van der Waals surface area (Å²) < 4.78 is 21.6.